The second kappa shape index (κ2) is 4.06. The van der Waals surface area contributed by atoms with E-state index in [1.807, 2.05) is 12.1 Å². The predicted octanol–water partition coefficient (Wildman–Crippen LogP) is 2.16. The molecule has 0 amide bonds. The van der Waals surface area contributed by atoms with E-state index in [9.17, 15) is 4.39 Å². The molecule has 1 heterocycles. The van der Waals surface area contributed by atoms with E-state index < -0.39 is 0 Å². The van der Waals surface area contributed by atoms with Gasteiger partial charge in [0.1, 0.15) is 5.82 Å². The molecule has 3 rings (SSSR count). The van der Waals surface area contributed by atoms with Gasteiger partial charge in [-0.05, 0) is 43.5 Å². The summed E-state index contributed by atoms with van der Waals surface area (Å²) in [5.41, 5.74) is 1.17. The first-order valence-electron chi connectivity index (χ1n) is 6.10. The van der Waals surface area contributed by atoms with E-state index in [-0.39, 0.29) is 5.82 Å². The van der Waals surface area contributed by atoms with Crippen molar-refractivity contribution in [2.45, 2.75) is 31.3 Å². The summed E-state index contributed by atoms with van der Waals surface area (Å²) in [5, 5.41) is 3.58. The van der Waals surface area contributed by atoms with Gasteiger partial charge in [0, 0.05) is 30.9 Å². The largest absolute Gasteiger partial charge is 0.366 e. The highest BCUT2D eigenvalue weighted by Crippen LogP contribution is 2.30. The number of nitrogens with zero attached hydrogens (tertiary/aromatic N) is 1. The first-order valence-corrected chi connectivity index (χ1v) is 6.10. The molecule has 1 aromatic carbocycles. The van der Waals surface area contributed by atoms with E-state index in [1.54, 1.807) is 12.1 Å². The zero-order chi connectivity index (χ0) is 11.0. The van der Waals surface area contributed by atoms with Crippen molar-refractivity contribution < 1.29 is 4.39 Å². The fraction of sp³-hybridized carbons (Fsp3) is 0.538. The zero-order valence-electron chi connectivity index (χ0n) is 9.32. The van der Waals surface area contributed by atoms with Crippen molar-refractivity contribution >= 4 is 5.69 Å². The van der Waals surface area contributed by atoms with Gasteiger partial charge in [-0.1, -0.05) is 0 Å². The molecule has 0 spiro atoms. The SMILES string of the molecule is Fc1ccc(N2CCN[C@@H]3CCC[C@@H]32)cc1. The maximum Gasteiger partial charge on any atom is 0.123 e. The molecule has 2 aliphatic rings. The van der Waals surface area contributed by atoms with Crippen molar-refractivity contribution in [3.8, 4) is 0 Å². The minimum Gasteiger partial charge on any atom is -0.366 e. The summed E-state index contributed by atoms with van der Waals surface area (Å²) < 4.78 is 12.9. The topological polar surface area (TPSA) is 15.3 Å². The summed E-state index contributed by atoms with van der Waals surface area (Å²) in [5.74, 6) is -0.151. The highest BCUT2D eigenvalue weighted by Gasteiger charge is 2.34. The fourth-order valence-electron chi connectivity index (χ4n) is 3.04. The van der Waals surface area contributed by atoms with Crippen LogP contribution in [0.3, 0.4) is 0 Å². The molecule has 2 atom stereocenters. The molecule has 1 aromatic rings. The molecular weight excluding hydrogens is 203 g/mol. The van der Waals surface area contributed by atoms with Crippen molar-refractivity contribution in [1.29, 1.82) is 0 Å². The van der Waals surface area contributed by atoms with E-state index in [2.05, 4.69) is 10.2 Å². The molecule has 1 saturated heterocycles. The molecule has 2 fully saturated rings. The smallest absolute Gasteiger partial charge is 0.123 e. The molecule has 1 N–H and O–H groups in total. The van der Waals surface area contributed by atoms with Crippen molar-refractivity contribution in [3.05, 3.63) is 30.1 Å². The maximum absolute atomic E-state index is 12.9. The molecule has 0 bridgehead atoms. The minimum absolute atomic E-state index is 0.151. The van der Waals surface area contributed by atoms with Gasteiger partial charge in [-0.25, -0.2) is 4.39 Å². The van der Waals surface area contributed by atoms with Gasteiger partial charge in [0.25, 0.3) is 0 Å². The number of piperazine rings is 1. The van der Waals surface area contributed by atoms with Crippen LogP contribution in [0.1, 0.15) is 19.3 Å². The van der Waals surface area contributed by atoms with E-state index in [0.717, 1.165) is 13.1 Å². The summed E-state index contributed by atoms with van der Waals surface area (Å²) in [7, 11) is 0. The van der Waals surface area contributed by atoms with Gasteiger partial charge >= 0.3 is 0 Å². The Hall–Kier alpha value is -1.09. The lowest BCUT2D eigenvalue weighted by molar-refractivity contribution is 0.404. The quantitative estimate of drug-likeness (QED) is 0.780. The standard InChI is InChI=1S/C13H17FN2/c14-10-4-6-11(7-5-10)16-9-8-15-12-2-1-3-13(12)16/h4-7,12-13,15H,1-3,8-9H2/t12-,13+/m1/s1. The molecule has 1 saturated carbocycles. The third kappa shape index (κ3) is 1.69. The Labute approximate surface area is 95.4 Å². The number of hydrogen-bond acceptors (Lipinski definition) is 2. The Morgan fingerprint density at radius 1 is 1.19 bits per heavy atom. The number of halogens is 1. The number of benzene rings is 1. The Morgan fingerprint density at radius 2 is 2.00 bits per heavy atom. The van der Waals surface area contributed by atoms with E-state index in [1.165, 1.54) is 24.9 Å². The Bertz CT molecular complexity index is 363. The van der Waals surface area contributed by atoms with Gasteiger partial charge in [0.05, 0.1) is 0 Å². The molecule has 16 heavy (non-hydrogen) atoms. The van der Waals surface area contributed by atoms with E-state index >= 15 is 0 Å². The molecule has 0 aromatic heterocycles. The number of nitrogens with one attached hydrogen (secondary N) is 1. The zero-order valence-corrected chi connectivity index (χ0v) is 9.32. The van der Waals surface area contributed by atoms with Crippen LogP contribution in [0.25, 0.3) is 0 Å². The van der Waals surface area contributed by atoms with Gasteiger partial charge in [0.15, 0.2) is 0 Å². The van der Waals surface area contributed by atoms with Crippen molar-refractivity contribution in [2.75, 3.05) is 18.0 Å². The molecule has 1 aliphatic carbocycles. The van der Waals surface area contributed by atoms with Crippen LogP contribution in [-0.4, -0.2) is 25.2 Å². The average molecular weight is 220 g/mol. The van der Waals surface area contributed by atoms with Crippen LogP contribution in [0.15, 0.2) is 24.3 Å². The van der Waals surface area contributed by atoms with Crippen molar-refractivity contribution in [1.82, 2.24) is 5.32 Å². The minimum atomic E-state index is -0.151. The van der Waals surface area contributed by atoms with Crippen LogP contribution in [0, 0.1) is 5.82 Å². The summed E-state index contributed by atoms with van der Waals surface area (Å²) in [4.78, 5) is 2.44. The lowest BCUT2D eigenvalue weighted by atomic mass is 10.1. The molecule has 0 unspecified atom stereocenters. The second-order valence-corrected chi connectivity index (χ2v) is 4.73. The molecular formula is C13H17FN2. The van der Waals surface area contributed by atoms with Gasteiger partial charge < -0.3 is 10.2 Å². The van der Waals surface area contributed by atoms with Crippen LogP contribution in [0.2, 0.25) is 0 Å². The number of anilines is 1. The number of hydrogen-bond donors (Lipinski definition) is 1. The fourth-order valence-corrected chi connectivity index (χ4v) is 3.04. The maximum atomic E-state index is 12.9. The van der Waals surface area contributed by atoms with Crippen molar-refractivity contribution in [3.63, 3.8) is 0 Å². The monoisotopic (exact) mass is 220 g/mol. The lowest BCUT2D eigenvalue weighted by Gasteiger charge is -2.40. The highest BCUT2D eigenvalue weighted by molar-refractivity contribution is 5.48. The van der Waals surface area contributed by atoms with Crippen LogP contribution in [-0.2, 0) is 0 Å². The Morgan fingerprint density at radius 3 is 2.81 bits per heavy atom. The summed E-state index contributed by atoms with van der Waals surface area (Å²) in [6.07, 6.45) is 3.84. The van der Waals surface area contributed by atoms with Crippen LogP contribution < -0.4 is 10.2 Å². The molecule has 3 heteroatoms. The van der Waals surface area contributed by atoms with Gasteiger partial charge in [-0.2, -0.15) is 0 Å². The molecule has 86 valence electrons. The van der Waals surface area contributed by atoms with Crippen LogP contribution in [0.5, 0.6) is 0 Å². The molecule has 1 aliphatic heterocycles. The third-order valence-electron chi connectivity index (χ3n) is 3.80. The first-order chi connectivity index (χ1) is 7.84. The van der Waals surface area contributed by atoms with Crippen molar-refractivity contribution in [2.24, 2.45) is 0 Å². The molecule has 2 nitrogen and oxygen atoms in total. The average Bonchev–Trinajstić information content (AvgIpc) is 2.78. The first kappa shape index (κ1) is 10.1. The molecule has 0 radical (unpaired) electrons. The summed E-state index contributed by atoms with van der Waals surface area (Å²) in [6.45, 7) is 2.07. The highest BCUT2D eigenvalue weighted by atomic mass is 19.1. The van der Waals surface area contributed by atoms with E-state index in [4.69, 9.17) is 0 Å². The lowest BCUT2D eigenvalue weighted by Crippen LogP contribution is -2.55. The van der Waals surface area contributed by atoms with Gasteiger partial charge in [0.2, 0.25) is 0 Å². The predicted molar refractivity (Wildman–Crippen MR) is 63.2 cm³/mol. The summed E-state index contributed by atoms with van der Waals surface area (Å²) >= 11 is 0. The number of fused-ring (bicyclic) bond motifs is 1. The Kier molecular flexibility index (Phi) is 2.56. The van der Waals surface area contributed by atoms with Gasteiger partial charge in [-0.15, -0.1) is 0 Å². The third-order valence-corrected chi connectivity index (χ3v) is 3.80. The normalized spacial score (nSPS) is 29.2. The van der Waals surface area contributed by atoms with Gasteiger partial charge in [-0.3, -0.25) is 0 Å². The van der Waals surface area contributed by atoms with Crippen LogP contribution >= 0.6 is 0 Å². The summed E-state index contributed by atoms with van der Waals surface area (Å²) in [6, 6.07) is 8.16. The number of rotatable bonds is 1. The second-order valence-electron chi connectivity index (χ2n) is 4.73. The van der Waals surface area contributed by atoms with E-state index in [0.29, 0.717) is 12.1 Å². The Balaban J connectivity index is 1.85. The van der Waals surface area contributed by atoms with Crippen LogP contribution in [0.4, 0.5) is 10.1 Å².